The molecule has 0 aromatic rings. The average molecular weight is 250 g/mol. The van der Waals surface area contributed by atoms with Crippen molar-refractivity contribution in [2.24, 2.45) is 22.7 Å². The molecule has 2 heteroatoms. The molecule has 2 aliphatic carbocycles. The molecule has 0 spiro atoms. The summed E-state index contributed by atoms with van der Waals surface area (Å²) in [5, 5.41) is 0. The van der Waals surface area contributed by atoms with Crippen LogP contribution in [0.15, 0.2) is 0 Å². The lowest BCUT2D eigenvalue weighted by atomic mass is 9.45. The minimum absolute atomic E-state index is 0.0350. The number of esters is 1. The van der Waals surface area contributed by atoms with Gasteiger partial charge in [-0.3, -0.25) is 4.79 Å². The summed E-state index contributed by atoms with van der Waals surface area (Å²) in [6.07, 6.45) is 6.86. The Labute approximate surface area is 110 Å². The smallest absolute Gasteiger partial charge is 0.306 e. The SMILES string of the molecule is CC1(C)CCC[C@@]2(C)C1CC[C@@]1(C)OC(=O)C[C@@H]12. The standard InChI is InChI=1S/C16H26O2/c1-14(2)7-5-8-15(3)11(14)6-9-16(4)12(15)10-13(17)18-16/h11-12H,5-10H2,1-4H3/t11?,12-,15+,16-/m1/s1. The van der Waals surface area contributed by atoms with E-state index < -0.39 is 0 Å². The third-order valence-corrected chi connectivity index (χ3v) is 6.46. The van der Waals surface area contributed by atoms with Crippen molar-refractivity contribution < 1.29 is 9.53 Å². The molecule has 2 nitrogen and oxygen atoms in total. The molecule has 3 fully saturated rings. The zero-order valence-electron chi connectivity index (χ0n) is 12.2. The predicted octanol–water partition coefficient (Wildman–Crippen LogP) is 3.93. The van der Waals surface area contributed by atoms with Crippen LogP contribution >= 0.6 is 0 Å². The average Bonchev–Trinajstić information content (AvgIpc) is 2.53. The first-order valence-corrected chi connectivity index (χ1v) is 7.50. The maximum absolute atomic E-state index is 11.8. The molecule has 0 aromatic heterocycles. The highest BCUT2D eigenvalue weighted by atomic mass is 16.6. The van der Waals surface area contributed by atoms with Crippen molar-refractivity contribution in [3.8, 4) is 0 Å². The Morgan fingerprint density at radius 3 is 2.50 bits per heavy atom. The van der Waals surface area contributed by atoms with Gasteiger partial charge < -0.3 is 4.74 Å². The number of carbonyl (C=O) groups is 1. The van der Waals surface area contributed by atoms with Gasteiger partial charge in [-0.05, 0) is 49.4 Å². The first kappa shape index (κ1) is 12.5. The Kier molecular flexibility index (Phi) is 2.44. The van der Waals surface area contributed by atoms with Crippen LogP contribution in [-0.4, -0.2) is 11.6 Å². The second kappa shape index (κ2) is 3.52. The van der Waals surface area contributed by atoms with E-state index >= 15 is 0 Å². The molecule has 1 aliphatic heterocycles. The number of hydrogen-bond donors (Lipinski definition) is 0. The summed E-state index contributed by atoms with van der Waals surface area (Å²) >= 11 is 0. The Morgan fingerprint density at radius 1 is 1.06 bits per heavy atom. The fourth-order valence-corrected chi connectivity index (χ4v) is 5.65. The van der Waals surface area contributed by atoms with E-state index in [4.69, 9.17) is 4.74 Å². The highest BCUT2D eigenvalue weighted by Gasteiger charge is 2.62. The third-order valence-electron chi connectivity index (χ3n) is 6.46. The lowest BCUT2D eigenvalue weighted by Gasteiger charge is -2.59. The van der Waals surface area contributed by atoms with Gasteiger partial charge in [0.2, 0.25) is 0 Å². The molecular formula is C16H26O2. The van der Waals surface area contributed by atoms with Crippen LogP contribution in [-0.2, 0) is 9.53 Å². The van der Waals surface area contributed by atoms with E-state index in [1.807, 2.05) is 0 Å². The predicted molar refractivity (Wildman–Crippen MR) is 71.1 cm³/mol. The van der Waals surface area contributed by atoms with Crippen LogP contribution < -0.4 is 0 Å². The van der Waals surface area contributed by atoms with Crippen molar-refractivity contribution >= 4 is 5.97 Å². The number of hydrogen-bond acceptors (Lipinski definition) is 2. The zero-order chi connectivity index (χ0) is 13.2. The molecule has 0 amide bonds. The number of fused-ring (bicyclic) bond motifs is 3. The summed E-state index contributed by atoms with van der Waals surface area (Å²) in [5.41, 5.74) is 0.566. The lowest BCUT2D eigenvalue weighted by Crippen LogP contribution is -2.55. The summed E-state index contributed by atoms with van der Waals surface area (Å²) in [4.78, 5) is 11.8. The highest BCUT2D eigenvalue weighted by molar-refractivity contribution is 5.73. The van der Waals surface area contributed by atoms with Gasteiger partial charge in [-0.2, -0.15) is 0 Å². The largest absolute Gasteiger partial charge is 0.459 e. The van der Waals surface area contributed by atoms with E-state index in [1.165, 1.54) is 25.7 Å². The summed E-state index contributed by atoms with van der Waals surface area (Å²) in [5.74, 6) is 1.23. The van der Waals surface area contributed by atoms with Gasteiger partial charge in [0.1, 0.15) is 5.60 Å². The van der Waals surface area contributed by atoms with Crippen molar-refractivity contribution in [1.82, 2.24) is 0 Å². The van der Waals surface area contributed by atoms with Crippen LogP contribution in [0.25, 0.3) is 0 Å². The van der Waals surface area contributed by atoms with E-state index in [9.17, 15) is 4.79 Å². The zero-order valence-corrected chi connectivity index (χ0v) is 12.2. The van der Waals surface area contributed by atoms with Crippen molar-refractivity contribution in [1.29, 1.82) is 0 Å². The molecule has 3 aliphatic rings. The maximum Gasteiger partial charge on any atom is 0.306 e. The van der Waals surface area contributed by atoms with Gasteiger partial charge in [-0.1, -0.05) is 27.2 Å². The molecule has 3 rings (SSSR count). The van der Waals surface area contributed by atoms with Crippen molar-refractivity contribution in [2.45, 2.75) is 71.8 Å². The molecule has 18 heavy (non-hydrogen) atoms. The molecule has 2 saturated carbocycles. The Hall–Kier alpha value is -0.530. The summed E-state index contributed by atoms with van der Waals surface area (Å²) in [6.45, 7) is 9.46. The second-order valence-corrected chi connectivity index (χ2v) is 7.98. The van der Waals surface area contributed by atoms with E-state index in [2.05, 4.69) is 27.7 Å². The molecule has 0 radical (unpaired) electrons. The van der Waals surface area contributed by atoms with Gasteiger partial charge in [-0.15, -0.1) is 0 Å². The van der Waals surface area contributed by atoms with E-state index in [-0.39, 0.29) is 11.6 Å². The van der Waals surface area contributed by atoms with Crippen LogP contribution in [0.1, 0.15) is 66.2 Å². The molecule has 1 heterocycles. The number of rotatable bonds is 0. The van der Waals surface area contributed by atoms with Crippen LogP contribution in [0, 0.1) is 22.7 Å². The van der Waals surface area contributed by atoms with Crippen LogP contribution in [0.2, 0.25) is 0 Å². The minimum Gasteiger partial charge on any atom is -0.459 e. The Morgan fingerprint density at radius 2 is 1.78 bits per heavy atom. The molecular weight excluding hydrogens is 224 g/mol. The van der Waals surface area contributed by atoms with Gasteiger partial charge in [0, 0.05) is 5.92 Å². The van der Waals surface area contributed by atoms with Gasteiger partial charge in [0.25, 0.3) is 0 Å². The van der Waals surface area contributed by atoms with Crippen molar-refractivity contribution in [3.63, 3.8) is 0 Å². The molecule has 1 unspecified atom stereocenters. The highest BCUT2D eigenvalue weighted by Crippen LogP contribution is 2.64. The molecule has 0 bridgehead atoms. The van der Waals surface area contributed by atoms with Crippen molar-refractivity contribution in [3.05, 3.63) is 0 Å². The first-order valence-electron chi connectivity index (χ1n) is 7.50. The normalized spacial score (nSPS) is 50.3. The van der Waals surface area contributed by atoms with Gasteiger partial charge in [0.05, 0.1) is 6.42 Å². The first-order chi connectivity index (χ1) is 8.28. The Bertz CT molecular complexity index is 387. The second-order valence-electron chi connectivity index (χ2n) is 7.98. The summed E-state index contributed by atoms with van der Waals surface area (Å²) < 4.78 is 5.70. The fraction of sp³-hybridized carbons (Fsp3) is 0.938. The third kappa shape index (κ3) is 1.50. The molecule has 102 valence electrons. The minimum atomic E-state index is -0.171. The van der Waals surface area contributed by atoms with E-state index in [0.29, 0.717) is 23.2 Å². The van der Waals surface area contributed by atoms with E-state index in [0.717, 1.165) is 12.3 Å². The fourth-order valence-electron chi connectivity index (χ4n) is 5.65. The lowest BCUT2D eigenvalue weighted by molar-refractivity contribution is -0.164. The monoisotopic (exact) mass is 250 g/mol. The van der Waals surface area contributed by atoms with Gasteiger partial charge in [-0.25, -0.2) is 0 Å². The Balaban J connectivity index is 2.00. The van der Waals surface area contributed by atoms with Crippen LogP contribution in [0.3, 0.4) is 0 Å². The van der Waals surface area contributed by atoms with Crippen LogP contribution in [0.4, 0.5) is 0 Å². The maximum atomic E-state index is 11.8. The summed E-state index contributed by atoms with van der Waals surface area (Å²) in [6, 6.07) is 0. The number of carbonyl (C=O) groups excluding carboxylic acids is 1. The van der Waals surface area contributed by atoms with Crippen LogP contribution in [0.5, 0.6) is 0 Å². The van der Waals surface area contributed by atoms with Gasteiger partial charge in [0.15, 0.2) is 0 Å². The van der Waals surface area contributed by atoms with Gasteiger partial charge >= 0.3 is 5.97 Å². The molecule has 0 N–H and O–H groups in total. The van der Waals surface area contributed by atoms with Crippen molar-refractivity contribution in [2.75, 3.05) is 0 Å². The molecule has 4 atom stereocenters. The molecule has 0 aromatic carbocycles. The molecule has 1 saturated heterocycles. The number of ether oxygens (including phenoxy) is 1. The quantitative estimate of drug-likeness (QED) is 0.609. The topological polar surface area (TPSA) is 26.3 Å². The summed E-state index contributed by atoms with van der Waals surface area (Å²) in [7, 11) is 0. The van der Waals surface area contributed by atoms with E-state index in [1.54, 1.807) is 0 Å².